The molecule has 1 fully saturated rings. The molecule has 1 aliphatic rings. The van der Waals surface area contributed by atoms with Gasteiger partial charge in [0.05, 0.1) is 31.7 Å². The zero-order valence-corrected chi connectivity index (χ0v) is 15.1. The van der Waals surface area contributed by atoms with Crippen molar-refractivity contribution in [2.75, 3.05) is 44.1 Å². The first-order valence-electron chi connectivity index (χ1n) is 7.89. The first-order valence-corrected chi connectivity index (χ1v) is 9.72. The van der Waals surface area contributed by atoms with E-state index in [0.29, 0.717) is 17.9 Å². The van der Waals surface area contributed by atoms with Gasteiger partial charge in [0, 0.05) is 17.8 Å². The molecule has 1 saturated heterocycles. The lowest BCUT2D eigenvalue weighted by atomic mass is 10.2. The first-order chi connectivity index (χ1) is 11.8. The fourth-order valence-corrected chi connectivity index (χ4v) is 4.30. The smallest absolute Gasteiger partial charge is 0.238 e. The molecule has 1 aromatic carbocycles. The minimum atomic E-state index is -3.03. The molecule has 1 aliphatic heterocycles. The highest BCUT2D eigenvalue weighted by atomic mass is 32.2. The average Bonchev–Trinajstić information content (AvgIpc) is 2.85. The Morgan fingerprint density at radius 1 is 1.28 bits per heavy atom. The fraction of sp³-hybridized carbons (Fsp3) is 0.500. The van der Waals surface area contributed by atoms with Crippen LogP contribution in [0.4, 0.5) is 5.69 Å². The second kappa shape index (κ2) is 8.30. The van der Waals surface area contributed by atoms with Crippen LogP contribution in [0.3, 0.4) is 0 Å². The maximum absolute atomic E-state index is 12.0. The summed E-state index contributed by atoms with van der Waals surface area (Å²) in [5.41, 5.74) is 0.610. The van der Waals surface area contributed by atoms with Gasteiger partial charge >= 0.3 is 0 Å². The number of likely N-dealkylation sites (N-methyl/N-ethyl adjacent to an activating group) is 1. The number of rotatable bonds is 7. The molecular formula is C16H23N3O5S. The summed E-state index contributed by atoms with van der Waals surface area (Å²) in [5.74, 6) is 0.179. The predicted octanol–water partition coefficient (Wildman–Crippen LogP) is -0.131. The van der Waals surface area contributed by atoms with Crippen LogP contribution in [0.5, 0.6) is 5.75 Å². The summed E-state index contributed by atoms with van der Waals surface area (Å²) in [6, 6.07) is 6.64. The van der Waals surface area contributed by atoms with Gasteiger partial charge in [-0.1, -0.05) is 6.07 Å². The Balaban J connectivity index is 1.76. The van der Waals surface area contributed by atoms with Crippen LogP contribution in [0, 0.1) is 0 Å². The van der Waals surface area contributed by atoms with Crippen LogP contribution in [0.2, 0.25) is 0 Å². The summed E-state index contributed by atoms with van der Waals surface area (Å²) in [7, 11) is 0.162. The summed E-state index contributed by atoms with van der Waals surface area (Å²) in [5, 5.41) is 5.43. The van der Waals surface area contributed by atoms with E-state index >= 15 is 0 Å². The third-order valence-electron chi connectivity index (χ3n) is 3.78. The number of amides is 2. The van der Waals surface area contributed by atoms with E-state index in [0.717, 1.165) is 0 Å². The zero-order chi connectivity index (χ0) is 18.4. The van der Waals surface area contributed by atoms with Gasteiger partial charge < -0.3 is 15.4 Å². The van der Waals surface area contributed by atoms with Crippen LogP contribution in [-0.2, 0) is 19.4 Å². The van der Waals surface area contributed by atoms with E-state index in [1.54, 1.807) is 43.3 Å². The van der Waals surface area contributed by atoms with Crippen molar-refractivity contribution < 1.29 is 22.7 Å². The molecule has 0 spiro atoms. The maximum atomic E-state index is 12.0. The molecule has 2 N–H and O–H groups in total. The molecule has 2 amide bonds. The number of sulfone groups is 1. The highest BCUT2D eigenvalue weighted by Gasteiger charge is 2.29. The lowest BCUT2D eigenvalue weighted by Crippen LogP contribution is -2.43. The summed E-state index contributed by atoms with van der Waals surface area (Å²) >= 11 is 0. The highest BCUT2D eigenvalue weighted by Crippen LogP contribution is 2.16. The van der Waals surface area contributed by atoms with Gasteiger partial charge in [-0.3, -0.25) is 14.5 Å². The third-order valence-corrected chi connectivity index (χ3v) is 5.55. The summed E-state index contributed by atoms with van der Waals surface area (Å²) in [6.45, 7) is 0.0513. The number of anilines is 1. The maximum Gasteiger partial charge on any atom is 0.238 e. The van der Waals surface area contributed by atoms with Gasteiger partial charge in [-0.05, 0) is 25.6 Å². The number of carbonyl (C=O) groups is 2. The quantitative estimate of drug-likeness (QED) is 0.694. The fourth-order valence-electron chi connectivity index (χ4n) is 2.63. The molecule has 9 heteroatoms. The monoisotopic (exact) mass is 369 g/mol. The number of methoxy groups -OCH3 is 1. The van der Waals surface area contributed by atoms with Crippen molar-refractivity contribution in [2.24, 2.45) is 0 Å². The molecule has 138 valence electrons. The van der Waals surface area contributed by atoms with Gasteiger partial charge in [0.25, 0.3) is 0 Å². The standard InChI is InChI=1S/C16H23N3O5S/c1-19(10-16(21)18-13-6-7-25(22,23)11-13)9-15(20)17-12-4-3-5-14(8-12)24-2/h3-5,8,13H,6-7,9-11H2,1-2H3,(H,17,20)(H,18,21)/t13-/m0/s1. The normalized spacial score (nSPS) is 18.8. The molecule has 2 rings (SSSR count). The van der Waals surface area contributed by atoms with Crippen LogP contribution in [-0.4, -0.2) is 69.9 Å². The summed E-state index contributed by atoms with van der Waals surface area (Å²) in [6.07, 6.45) is 0.439. The number of nitrogens with one attached hydrogen (secondary N) is 2. The van der Waals surface area contributed by atoms with Crippen molar-refractivity contribution in [2.45, 2.75) is 12.5 Å². The van der Waals surface area contributed by atoms with E-state index in [4.69, 9.17) is 4.74 Å². The Morgan fingerprint density at radius 3 is 2.64 bits per heavy atom. The van der Waals surface area contributed by atoms with Gasteiger partial charge in [0.2, 0.25) is 11.8 Å². The van der Waals surface area contributed by atoms with Crippen molar-refractivity contribution in [3.05, 3.63) is 24.3 Å². The van der Waals surface area contributed by atoms with E-state index < -0.39 is 9.84 Å². The van der Waals surface area contributed by atoms with E-state index in [9.17, 15) is 18.0 Å². The molecule has 0 unspecified atom stereocenters. The minimum absolute atomic E-state index is 0.0151. The van der Waals surface area contributed by atoms with E-state index in [-0.39, 0.29) is 42.5 Å². The predicted molar refractivity (Wildman–Crippen MR) is 94.3 cm³/mol. The number of hydrogen-bond acceptors (Lipinski definition) is 6. The molecule has 1 aromatic rings. The Hall–Kier alpha value is -2.13. The van der Waals surface area contributed by atoms with Gasteiger partial charge in [-0.15, -0.1) is 0 Å². The number of carbonyl (C=O) groups excluding carboxylic acids is 2. The van der Waals surface area contributed by atoms with Gasteiger partial charge in [-0.25, -0.2) is 8.42 Å². The average molecular weight is 369 g/mol. The second-order valence-electron chi connectivity index (χ2n) is 6.12. The topological polar surface area (TPSA) is 105 Å². The molecule has 0 bridgehead atoms. The Labute approximate surface area is 147 Å². The van der Waals surface area contributed by atoms with Crippen LogP contribution >= 0.6 is 0 Å². The van der Waals surface area contributed by atoms with Gasteiger partial charge in [0.15, 0.2) is 9.84 Å². The van der Waals surface area contributed by atoms with Crippen LogP contribution in [0.1, 0.15) is 6.42 Å². The largest absolute Gasteiger partial charge is 0.497 e. The SMILES string of the molecule is COc1cccc(NC(=O)CN(C)CC(=O)N[C@H]2CCS(=O)(=O)C2)c1. The molecule has 1 heterocycles. The highest BCUT2D eigenvalue weighted by molar-refractivity contribution is 7.91. The van der Waals surface area contributed by atoms with Crippen molar-refractivity contribution in [3.8, 4) is 5.75 Å². The zero-order valence-electron chi connectivity index (χ0n) is 14.3. The Kier molecular flexibility index (Phi) is 6.38. The van der Waals surface area contributed by atoms with Gasteiger partial charge in [0.1, 0.15) is 5.75 Å². The van der Waals surface area contributed by atoms with Crippen LogP contribution in [0.25, 0.3) is 0 Å². The second-order valence-corrected chi connectivity index (χ2v) is 8.35. The van der Waals surface area contributed by atoms with Crippen molar-refractivity contribution in [3.63, 3.8) is 0 Å². The van der Waals surface area contributed by atoms with Crippen molar-refractivity contribution in [1.29, 1.82) is 0 Å². The summed E-state index contributed by atoms with van der Waals surface area (Å²) in [4.78, 5) is 25.5. The van der Waals surface area contributed by atoms with Crippen molar-refractivity contribution >= 4 is 27.3 Å². The minimum Gasteiger partial charge on any atom is -0.497 e. The lowest BCUT2D eigenvalue weighted by Gasteiger charge is -2.18. The molecular weight excluding hydrogens is 346 g/mol. The van der Waals surface area contributed by atoms with Crippen LogP contribution < -0.4 is 15.4 Å². The number of hydrogen-bond donors (Lipinski definition) is 2. The number of benzene rings is 1. The molecule has 0 radical (unpaired) electrons. The molecule has 25 heavy (non-hydrogen) atoms. The van der Waals surface area contributed by atoms with E-state index in [2.05, 4.69) is 10.6 Å². The van der Waals surface area contributed by atoms with Gasteiger partial charge in [-0.2, -0.15) is 0 Å². The molecule has 1 atom stereocenters. The molecule has 0 aliphatic carbocycles. The number of nitrogens with zero attached hydrogens (tertiary/aromatic N) is 1. The molecule has 8 nitrogen and oxygen atoms in total. The third kappa shape index (κ3) is 6.35. The number of ether oxygens (including phenoxy) is 1. The lowest BCUT2D eigenvalue weighted by molar-refractivity contribution is -0.123. The summed E-state index contributed by atoms with van der Waals surface area (Å²) < 4.78 is 27.9. The Bertz CT molecular complexity index is 735. The molecule has 0 saturated carbocycles. The van der Waals surface area contributed by atoms with Crippen LogP contribution in [0.15, 0.2) is 24.3 Å². The Morgan fingerprint density at radius 2 is 2.00 bits per heavy atom. The first kappa shape index (κ1) is 19.2. The van der Waals surface area contributed by atoms with E-state index in [1.165, 1.54) is 0 Å². The molecule has 0 aromatic heterocycles. The van der Waals surface area contributed by atoms with E-state index in [1.807, 2.05) is 0 Å². The van der Waals surface area contributed by atoms with Crippen molar-refractivity contribution in [1.82, 2.24) is 10.2 Å².